The molecule has 0 aliphatic heterocycles. The Morgan fingerprint density at radius 3 is 1.27 bits per heavy atom. The molecule has 0 heterocycles. The molecular formula is C66H44. The van der Waals surface area contributed by atoms with Crippen molar-refractivity contribution in [2.45, 2.75) is 24.7 Å². The van der Waals surface area contributed by atoms with Gasteiger partial charge in [-0.3, -0.25) is 0 Å². The predicted octanol–water partition coefficient (Wildman–Crippen LogP) is 17.5. The molecule has 2 aliphatic rings. The molecule has 0 radical (unpaired) electrons. The molecule has 0 amide bonds. The van der Waals surface area contributed by atoms with Gasteiger partial charge in [0.15, 0.2) is 0 Å². The van der Waals surface area contributed by atoms with Gasteiger partial charge in [-0.1, -0.05) is 232 Å². The Hall–Kier alpha value is -8.06. The third-order valence-corrected chi connectivity index (χ3v) is 15.5. The van der Waals surface area contributed by atoms with Gasteiger partial charge in [-0.05, 0) is 144 Å². The van der Waals surface area contributed by atoms with Gasteiger partial charge >= 0.3 is 0 Å². The summed E-state index contributed by atoms with van der Waals surface area (Å²) in [6.07, 6.45) is 0. The van der Waals surface area contributed by atoms with Crippen LogP contribution in [0.5, 0.6) is 0 Å². The first-order chi connectivity index (χ1) is 32.5. The van der Waals surface area contributed by atoms with E-state index in [1.165, 1.54) is 132 Å². The molecule has 0 fully saturated rings. The van der Waals surface area contributed by atoms with Crippen molar-refractivity contribution in [3.05, 3.63) is 264 Å². The van der Waals surface area contributed by atoms with Crippen LogP contribution in [0.2, 0.25) is 0 Å². The summed E-state index contributed by atoms with van der Waals surface area (Å²) in [7, 11) is 0. The van der Waals surface area contributed by atoms with Crippen molar-refractivity contribution in [2.24, 2.45) is 0 Å². The minimum absolute atomic E-state index is 0.0999. The van der Waals surface area contributed by atoms with E-state index in [-0.39, 0.29) is 5.41 Å². The number of hydrogen-bond acceptors (Lipinski definition) is 0. The van der Waals surface area contributed by atoms with E-state index in [0.29, 0.717) is 0 Å². The molecule has 0 spiro atoms. The lowest BCUT2D eigenvalue weighted by molar-refractivity contribution is 0.660. The fourth-order valence-corrected chi connectivity index (χ4v) is 12.8. The van der Waals surface area contributed by atoms with Gasteiger partial charge in [0, 0.05) is 5.41 Å². The Morgan fingerprint density at radius 2 is 0.682 bits per heavy atom. The first-order valence-electron chi connectivity index (χ1n) is 23.4. The van der Waals surface area contributed by atoms with Crippen LogP contribution in [0.1, 0.15) is 47.2 Å². The van der Waals surface area contributed by atoms with Crippen molar-refractivity contribution in [1.82, 2.24) is 0 Å². The van der Waals surface area contributed by atoms with Gasteiger partial charge < -0.3 is 0 Å². The third-order valence-electron chi connectivity index (χ3n) is 15.5. The number of benzene rings is 12. The van der Waals surface area contributed by atoms with E-state index in [1.54, 1.807) is 0 Å². The smallest absolute Gasteiger partial charge is 0.0622 e. The molecule has 0 saturated carbocycles. The van der Waals surface area contributed by atoms with E-state index in [0.717, 1.165) is 0 Å². The van der Waals surface area contributed by atoms with Gasteiger partial charge in [0.1, 0.15) is 0 Å². The molecule has 0 atom stereocenters. The largest absolute Gasteiger partial charge is 0.0725 e. The summed E-state index contributed by atoms with van der Waals surface area (Å²) >= 11 is 0. The Balaban J connectivity index is 1.14. The lowest BCUT2D eigenvalue weighted by atomic mass is 9.65. The van der Waals surface area contributed by atoms with Crippen LogP contribution >= 0.6 is 0 Å². The van der Waals surface area contributed by atoms with Crippen molar-refractivity contribution < 1.29 is 0 Å². The third kappa shape index (κ3) is 4.83. The van der Waals surface area contributed by atoms with Gasteiger partial charge in [-0.25, -0.2) is 0 Å². The summed E-state index contributed by atoms with van der Waals surface area (Å²) in [4.78, 5) is 0. The molecule has 12 aromatic rings. The van der Waals surface area contributed by atoms with Crippen LogP contribution in [0.25, 0.3) is 98.4 Å². The van der Waals surface area contributed by atoms with Gasteiger partial charge in [0.05, 0.1) is 5.41 Å². The second-order valence-electron chi connectivity index (χ2n) is 19.0. The highest BCUT2D eigenvalue weighted by Gasteiger charge is 2.49. The summed E-state index contributed by atoms with van der Waals surface area (Å²) in [5, 5.41) is 12.7. The maximum absolute atomic E-state index is 2.59. The summed E-state index contributed by atoms with van der Waals surface area (Å²) in [5.74, 6) is 0. The van der Waals surface area contributed by atoms with Crippen molar-refractivity contribution in [3.8, 4) is 44.5 Å². The first-order valence-corrected chi connectivity index (χ1v) is 23.4. The zero-order valence-corrected chi connectivity index (χ0v) is 36.9. The lowest BCUT2D eigenvalue weighted by Crippen LogP contribution is -2.29. The average Bonchev–Trinajstić information content (AvgIpc) is 3.82. The number of rotatable bonds is 4. The average molecular weight is 837 g/mol. The Bertz CT molecular complexity index is 3900. The molecule has 0 unspecified atom stereocenters. The fraction of sp³-hybridized carbons (Fsp3) is 0.0606. The maximum atomic E-state index is 2.59. The monoisotopic (exact) mass is 836 g/mol. The van der Waals surface area contributed by atoms with Crippen LogP contribution in [0, 0.1) is 0 Å². The molecule has 2 aliphatic carbocycles. The van der Waals surface area contributed by atoms with E-state index in [2.05, 4.69) is 244 Å². The molecule has 0 heteroatoms. The quantitative estimate of drug-likeness (QED) is 0.122. The molecule has 308 valence electrons. The molecule has 14 rings (SSSR count). The number of hydrogen-bond donors (Lipinski definition) is 0. The highest BCUT2D eigenvalue weighted by atomic mass is 14.5. The van der Waals surface area contributed by atoms with Crippen molar-refractivity contribution in [2.75, 3.05) is 0 Å². The fourth-order valence-electron chi connectivity index (χ4n) is 12.8. The lowest BCUT2D eigenvalue weighted by Gasteiger charge is -2.36. The predicted molar refractivity (Wildman–Crippen MR) is 280 cm³/mol. The van der Waals surface area contributed by atoms with Gasteiger partial charge in [-0.15, -0.1) is 0 Å². The minimum atomic E-state index is -0.607. The molecule has 0 bridgehead atoms. The highest BCUT2D eigenvalue weighted by Crippen LogP contribution is 2.63. The van der Waals surface area contributed by atoms with E-state index in [9.17, 15) is 0 Å². The zero-order valence-electron chi connectivity index (χ0n) is 36.9. The Morgan fingerprint density at radius 1 is 0.258 bits per heavy atom. The van der Waals surface area contributed by atoms with Gasteiger partial charge in [0.25, 0.3) is 0 Å². The molecule has 0 aromatic heterocycles. The topological polar surface area (TPSA) is 0 Å². The van der Waals surface area contributed by atoms with Crippen LogP contribution in [-0.4, -0.2) is 0 Å². The van der Waals surface area contributed by atoms with Gasteiger partial charge in [-0.2, -0.15) is 0 Å². The van der Waals surface area contributed by atoms with E-state index < -0.39 is 5.41 Å². The van der Waals surface area contributed by atoms with Crippen LogP contribution in [-0.2, 0) is 10.8 Å². The Labute approximate surface area is 385 Å². The summed E-state index contributed by atoms with van der Waals surface area (Å²) in [5.41, 5.74) is 17.7. The second kappa shape index (κ2) is 13.7. The first kappa shape index (κ1) is 37.3. The number of fused-ring (bicyclic) bond motifs is 15. The van der Waals surface area contributed by atoms with E-state index >= 15 is 0 Å². The summed E-state index contributed by atoms with van der Waals surface area (Å²) in [6, 6.07) is 87.2. The van der Waals surface area contributed by atoms with E-state index in [1.807, 2.05) is 0 Å². The van der Waals surface area contributed by atoms with E-state index in [4.69, 9.17) is 0 Å². The molecule has 12 aromatic carbocycles. The van der Waals surface area contributed by atoms with Crippen molar-refractivity contribution in [1.29, 1.82) is 0 Å². The van der Waals surface area contributed by atoms with Crippen molar-refractivity contribution in [3.63, 3.8) is 0 Å². The zero-order chi connectivity index (χ0) is 43.7. The maximum Gasteiger partial charge on any atom is 0.0725 e. The summed E-state index contributed by atoms with van der Waals surface area (Å²) in [6.45, 7) is 4.77. The van der Waals surface area contributed by atoms with Crippen LogP contribution < -0.4 is 0 Å². The highest BCUT2D eigenvalue weighted by molar-refractivity contribution is 6.26. The SMILES string of the molecule is CC1(C)c2ccccc2-c2ccc(-c3c4ccccc4c(-c4cc5c(c6ccccc46)C(c4ccccc4)(c4ccccc4)c4c-5c5ccccc5c5ccccc45)c4ccccc34)cc21. The normalized spacial score (nSPS) is 14.2. The minimum Gasteiger partial charge on any atom is -0.0622 e. The van der Waals surface area contributed by atoms with Crippen LogP contribution in [0.4, 0.5) is 0 Å². The van der Waals surface area contributed by atoms with Crippen molar-refractivity contribution >= 4 is 53.9 Å². The molecule has 0 N–H and O–H groups in total. The molecule has 0 nitrogen and oxygen atoms in total. The van der Waals surface area contributed by atoms with Crippen LogP contribution in [0.15, 0.2) is 231 Å². The molecule has 66 heavy (non-hydrogen) atoms. The molecular weight excluding hydrogens is 793 g/mol. The second-order valence-corrected chi connectivity index (χ2v) is 19.0. The summed E-state index contributed by atoms with van der Waals surface area (Å²) < 4.78 is 0. The molecule has 0 saturated heterocycles. The Kier molecular flexibility index (Phi) is 7.76. The van der Waals surface area contributed by atoms with Gasteiger partial charge in [0.2, 0.25) is 0 Å². The van der Waals surface area contributed by atoms with Crippen LogP contribution in [0.3, 0.4) is 0 Å². The standard InChI is InChI=1S/C66H44/c1-65(2)58-36-20-19-28-47(58)48-38-37-41(39-59(48)65)60-50-30-13-15-32-52(50)61(53-33-16-14-31-51(53)60)56-40-57-62-49-29-12-9-25-44(49)45-26-10-18-35-55(45)64(62)66(42-21-5-3-6-22-42,43-23-7-4-8-24-43)63(57)54-34-17-11-27-46(54)56/h3-40H,1-2H3.